The summed E-state index contributed by atoms with van der Waals surface area (Å²) in [4.78, 5) is 28.1. The molecule has 0 aliphatic heterocycles. The van der Waals surface area contributed by atoms with Gasteiger partial charge in [-0.05, 0) is 54.8 Å². The second-order valence-electron chi connectivity index (χ2n) is 5.62. The summed E-state index contributed by atoms with van der Waals surface area (Å²) in [6.07, 6.45) is 5.02. The van der Waals surface area contributed by atoms with Gasteiger partial charge in [-0.3, -0.25) is 14.6 Å². The van der Waals surface area contributed by atoms with E-state index in [4.69, 9.17) is 0 Å². The maximum atomic E-state index is 12.1. The fraction of sp³-hybridized carbons (Fsp3) is 0.316. The third-order valence-corrected chi connectivity index (χ3v) is 3.97. The Hall–Kier alpha value is -2.69. The summed E-state index contributed by atoms with van der Waals surface area (Å²) < 4.78 is 0. The zero-order chi connectivity index (χ0) is 17.4. The quantitative estimate of drug-likeness (QED) is 0.820. The minimum Gasteiger partial charge on any atom is -0.348 e. The van der Waals surface area contributed by atoms with E-state index in [1.807, 2.05) is 26.0 Å². The van der Waals surface area contributed by atoms with Gasteiger partial charge in [0.05, 0.1) is 0 Å². The van der Waals surface area contributed by atoms with Crippen molar-refractivity contribution in [2.75, 3.05) is 5.32 Å². The van der Waals surface area contributed by atoms with Gasteiger partial charge in [-0.2, -0.15) is 0 Å². The summed E-state index contributed by atoms with van der Waals surface area (Å²) >= 11 is 0. The van der Waals surface area contributed by atoms with Crippen molar-refractivity contribution >= 4 is 17.5 Å². The number of rotatable bonds is 7. The first-order valence-corrected chi connectivity index (χ1v) is 8.22. The number of nitrogens with zero attached hydrogens (tertiary/aromatic N) is 1. The standard InChI is InChI=1S/C19H23N3O2/c1-3-15(4-2)19(24)22-17-7-5-16(6-8-17)18(23)21-13-14-9-11-20-12-10-14/h5-12,15H,3-4,13H2,1-2H3,(H,21,23)(H,22,24). The SMILES string of the molecule is CCC(CC)C(=O)Nc1ccc(C(=O)NCc2ccncc2)cc1. The van der Waals surface area contributed by atoms with E-state index in [0.29, 0.717) is 17.8 Å². The summed E-state index contributed by atoms with van der Waals surface area (Å²) in [5.74, 6) is -0.104. The van der Waals surface area contributed by atoms with E-state index in [1.165, 1.54) is 0 Å². The molecule has 1 aromatic heterocycles. The Labute approximate surface area is 142 Å². The highest BCUT2D eigenvalue weighted by molar-refractivity contribution is 5.96. The summed E-state index contributed by atoms with van der Waals surface area (Å²) in [5.41, 5.74) is 2.26. The lowest BCUT2D eigenvalue weighted by Gasteiger charge is -2.13. The van der Waals surface area contributed by atoms with Crippen molar-refractivity contribution < 1.29 is 9.59 Å². The van der Waals surface area contributed by atoms with Crippen LogP contribution in [0.15, 0.2) is 48.8 Å². The van der Waals surface area contributed by atoms with Crippen molar-refractivity contribution in [3.05, 3.63) is 59.9 Å². The molecule has 0 radical (unpaired) electrons. The van der Waals surface area contributed by atoms with Crippen LogP contribution in [0, 0.1) is 5.92 Å². The van der Waals surface area contributed by atoms with Crippen LogP contribution in [-0.2, 0) is 11.3 Å². The van der Waals surface area contributed by atoms with Gasteiger partial charge >= 0.3 is 0 Å². The number of amides is 2. The molecule has 0 bridgehead atoms. The van der Waals surface area contributed by atoms with Crippen LogP contribution in [0.1, 0.15) is 42.6 Å². The number of nitrogens with one attached hydrogen (secondary N) is 2. The summed E-state index contributed by atoms with van der Waals surface area (Å²) in [6.45, 7) is 4.46. The average Bonchev–Trinajstić information content (AvgIpc) is 2.62. The Balaban J connectivity index is 1.91. The molecule has 0 atom stereocenters. The first kappa shape index (κ1) is 17.7. The summed E-state index contributed by atoms with van der Waals surface area (Å²) in [5, 5.41) is 5.75. The molecule has 0 spiro atoms. The van der Waals surface area contributed by atoms with Crippen LogP contribution in [-0.4, -0.2) is 16.8 Å². The van der Waals surface area contributed by atoms with E-state index in [2.05, 4.69) is 15.6 Å². The average molecular weight is 325 g/mol. The Morgan fingerprint density at radius 3 is 2.21 bits per heavy atom. The molecule has 1 heterocycles. The van der Waals surface area contributed by atoms with Crippen molar-refractivity contribution in [1.82, 2.24) is 10.3 Å². The van der Waals surface area contributed by atoms with Crippen LogP contribution in [0.3, 0.4) is 0 Å². The van der Waals surface area contributed by atoms with E-state index in [9.17, 15) is 9.59 Å². The lowest BCUT2D eigenvalue weighted by Crippen LogP contribution is -2.23. The smallest absolute Gasteiger partial charge is 0.251 e. The largest absolute Gasteiger partial charge is 0.348 e. The van der Waals surface area contributed by atoms with Crippen LogP contribution in [0.5, 0.6) is 0 Å². The number of hydrogen-bond acceptors (Lipinski definition) is 3. The fourth-order valence-corrected chi connectivity index (χ4v) is 2.39. The monoisotopic (exact) mass is 325 g/mol. The highest BCUT2D eigenvalue weighted by Gasteiger charge is 2.14. The van der Waals surface area contributed by atoms with Crippen molar-refractivity contribution in [3.8, 4) is 0 Å². The first-order valence-electron chi connectivity index (χ1n) is 8.22. The van der Waals surface area contributed by atoms with Gasteiger partial charge < -0.3 is 10.6 Å². The predicted molar refractivity (Wildman–Crippen MR) is 94.6 cm³/mol. The molecular formula is C19H23N3O2. The molecule has 2 aromatic rings. The molecule has 1 aromatic carbocycles. The number of anilines is 1. The van der Waals surface area contributed by atoms with Crippen molar-refractivity contribution in [3.63, 3.8) is 0 Å². The number of hydrogen-bond donors (Lipinski definition) is 2. The maximum absolute atomic E-state index is 12.1. The molecule has 0 saturated heterocycles. The molecule has 0 unspecified atom stereocenters. The van der Waals surface area contributed by atoms with E-state index in [1.54, 1.807) is 36.7 Å². The number of benzene rings is 1. The topological polar surface area (TPSA) is 71.1 Å². The number of aromatic nitrogens is 1. The van der Waals surface area contributed by atoms with Crippen molar-refractivity contribution in [1.29, 1.82) is 0 Å². The second-order valence-corrected chi connectivity index (χ2v) is 5.62. The van der Waals surface area contributed by atoms with Gasteiger partial charge in [0.2, 0.25) is 5.91 Å². The van der Waals surface area contributed by atoms with E-state index >= 15 is 0 Å². The first-order chi connectivity index (χ1) is 11.6. The van der Waals surface area contributed by atoms with E-state index in [-0.39, 0.29) is 17.7 Å². The molecule has 2 N–H and O–H groups in total. The molecule has 0 aliphatic carbocycles. The van der Waals surface area contributed by atoms with E-state index in [0.717, 1.165) is 18.4 Å². The number of carbonyl (C=O) groups excluding carboxylic acids is 2. The number of carbonyl (C=O) groups is 2. The fourth-order valence-electron chi connectivity index (χ4n) is 2.39. The molecule has 0 saturated carbocycles. The van der Waals surface area contributed by atoms with Crippen LogP contribution in [0.4, 0.5) is 5.69 Å². The third kappa shape index (κ3) is 4.91. The molecule has 5 nitrogen and oxygen atoms in total. The molecule has 2 amide bonds. The summed E-state index contributed by atoms with van der Waals surface area (Å²) in [6, 6.07) is 10.6. The maximum Gasteiger partial charge on any atom is 0.251 e. The second kappa shape index (κ2) is 8.82. The molecule has 24 heavy (non-hydrogen) atoms. The Morgan fingerprint density at radius 1 is 1.00 bits per heavy atom. The van der Waals surface area contributed by atoms with Crippen LogP contribution in [0.25, 0.3) is 0 Å². The normalized spacial score (nSPS) is 10.5. The number of pyridine rings is 1. The Bertz CT molecular complexity index is 665. The highest BCUT2D eigenvalue weighted by Crippen LogP contribution is 2.14. The van der Waals surface area contributed by atoms with Crippen LogP contribution >= 0.6 is 0 Å². The minimum atomic E-state index is -0.148. The summed E-state index contributed by atoms with van der Waals surface area (Å²) in [7, 11) is 0. The van der Waals surface area contributed by atoms with Gasteiger partial charge in [-0.15, -0.1) is 0 Å². The molecule has 0 aliphatic rings. The van der Waals surface area contributed by atoms with Gasteiger partial charge in [0.25, 0.3) is 5.91 Å². The highest BCUT2D eigenvalue weighted by atomic mass is 16.2. The zero-order valence-electron chi connectivity index (χ0n) is 14.1. The lowest BCUT2D eigenvalue weighted by atomic mass is 10.0. The zero-order valence-corrected chi connectivity index (χ0v) is 14.1. The molecule has 126 valence electrons. The van der Waals surface area contributed by atoms with Crippen molar-refractivity contribution in [2.24, 2.45) is 5.92 Å². The van der Waals surface area contributed by atoms with E-state index < -0.39 is 0 Å². The van der Waals surface area contributed by atoms with Gasteiger partial charge in [0.1, 0.15) is 0 Å². The third-order valence-electron chi connectivity index (χ3n) is 3.97. The molecular weight excluding hydrogens is 302 g/mol. The van der Waals surface area contributed by atoms with Gasteiger partial charge in [-0.25, -0.2) is 0 Å². The Kier molecular flexibility index (Phi) is 6.49. The van der Waals surface area contributed by atoms with Gasteiger partial charge in [-0.1, -0.05) is 13.8 Å². The van der Waals surface area contributed by atoms with Crippen molar-refractivity contribution in [2.45, 2.75) is 33.2 Å². The molecule has 0 fully saturated rings. The van der Waals surface area contributed by atoms with Crippen LogP contribution < -0.4 is 10.6 Å². The van der Waals surface area contributed by atoms with Gasteiger partial charge in [0.15, 0.2) is 0 Å². The molecule has 5 heteroatoms. The Morgan fingerprint density at radius 2 is 1.62 bits per heavy atom. The molecule has 2 rings (SSSR count). The minimum absolute atomic E-state index is 0.0216. The van der Waals surface area contributed by atoms with Gasteiger partial charge in [0, 0.05) is 36.1 Å². The van der Waals surface area contributed by atoms with Crippen LogP contribution in [0.2, 0.25) is 0 Å². The lowest BCUT2D eigenvalue weighted by molar-refractivity contribution is -0.120. The predicted octanol–water partition coefficient (Wildman–Crippen LogP) is 3.39.